The molecule has 0 unspecified atom stereocenters. The lowest BCUT2D eigenvalue weighted by Gasteiger charge is -2.31. The number of carbonyl (C=O) groups is 2. The molecule has 1 aromatic heterocycles. The second-order valence-corrected chi connectivity index (χ2v) is 8.69. The maximum Gasteiger partial charge on any atom is 0.230 e. The highest BCUT2D eigenvalue weighted by molar-refractivity contribution is 7.99. The lowest BCUT2D eigenvalue weighted by molar-refractivity contribution is -0.125. The molecule has 9 heteroatoms. The van der Waals surface area contributed by atoms with Gasteiger partial charge in [0.15, 0.2) is 5.82 Å². The van der Waals surface area contributed by atoms with E-state index in [1.807, 2.05) is 36.4 Å². The second-order valence-electron chi connectivity index (χ2n) is 7.70. The molecule has 1 aliphatic heterocycles. The summed E-state index contributed by atoms with van der Waals surface area (Å²) >= 11 is 1.36. The molecular weight excluding hydrogens is 426 g/mol. The van der Waals surface area contributed by atoms with Gasteiger partial charge >= 0.3 is 0 Å². The summed E-state index contributed by atoms with van der Waals surface area (Å²) in [5.41, 5.74) is 1.01. The van der Waals surface area contributed by atoms with Crippen molar-refractivity contribution in [3.63, 3.8) is 0 Å². The Labute approximate surface area is 193 Å². The summed E-state index contributed by atoms with van der Waals surface area (Å²) < 4.78 is 5.13. The number of methoxy groups -OCH3 is 1. The maximum absolute atomic E-state index is 12.1. The Kier molecular flexibility index (Phi) is 9.15. The van der Waals surface area contributed by atoms with Crippen LogP contribution in [0.5, 0.6) is 5.75 Å². The molecule has 2 heterocycles. The van der Waals surface area contributed by atoms with Crippen molar-refractivity contribution in [2.75, 3.05) is 37.4 Å². The molecule has 0 radical (unpaired) electrons. The molecule has 2 aromatic rings. The third kappa shape index (κ3) is 7.12. The quantitative estimate of drug-likeness (QED) is 0.530. The van der Waals surface area contributed by atoms with Gasteiger partial charge in [-0.15, -0.1) is 10.2 Å². The summed E-state index contributed by atoms with van der Waals surface area (Å²) in [6, 6.07) is 11.4. The Morgan fingerprint density at radius 2 is 1.84 bits per heavy atom. The molecule has 172 valence electrons. The fourth-order valence-electron chi connectivity index (χ4n) is 3.46. The third-order valence-electron chi connectivity index (χ3n) is 5.36. The summed E-state index contributed by atoms with van der Waals surface area (Å²) in [6.45, 7) is 4.85. The zero-order chi connectivity index (χ0) is 22.8. The zero-order valence-corrected chi connectivity index (χ0v) is 19.5. The standard InChI is InChI=1S/C23H31N5O3S/c1-3-12-24-23(30)18-10-13-28(14-11-18)20-8-9-22(27-26-20)32-16-21(29)25-15-17-4-6-19(31-2)7-5-17/h4-9,18H,3,10-16H2,1-2H3,(H,24,30)(H,25,29). The van der Waals surface area contributed by atoms with Crippen LogP contribution in [0.2, 0.25) is 0 Å². The van der Waals surface area contributed by atoms with Crippen molar-refractivity contribution in [3.05, 3.63) is 42.0 Å². The van der Waals surface area contributed by atoms with Crippen molar-refractivity contribution in [3.8, 4) is 5.75 Å². The number of amides is 2. The number of anilines is 1. The predicted octanol–water partition coefficient (Wildman–Crippen LogP) is 2.64. The first kappa shape index (κ1) is 23.8. The number of piperidine rings is 1. The van der Waals surface area contributed by atoms with Gasteiger partial charge in [-0.2, -0.15) is 0 Å². The number of ether oxygens (including phenoxy) is 1. The molecule has 0 saturated carbocycles. The van der Waals surface area contributed by atoms with Crippen LogP contribution in [0.1, 0.15) is 31.7 Å². The maximum atomic E-state index is 12.1. The molecule has 0 aliphatic carbocycles. The fraction of sp³-hybridized carbons (Fsp3) is 0.478. The molecular formula is C23H31N5O3S. The predicted molar refractivity (Wildman–Crippen MR) is 126 cm³/mol. The number of rotatable bonds is 10. The molecule has 1 aliphatic rings. The van der Waals surface area contributed by atoms with E-state index in [0.29, 0.717) is 11.6 Å². The van der Waals surface area contributed by atoms with Crippen molar-refractivity contribution in [1.82, 2.24) is 20.8 Å². The lowest BCUT2D eigenvalue weighted by Crippen LogP contribution is -2.41. The summed E-state index contributed by atoms with van der Waals surface area (Å²) in [6.07, 6.45) is 2.60. The Hall–Kier alpha value is -2.81. The van der Waals surface area contributed by atoms with E-state index < -0.39 is 0 Å². The molecule has 32 heavy (non-hydrogen) atoms. The highest BCUT2D eigenvalue weighted by atomic mass is 32.2. The van der Waals surface area contributed by atoms with Crippen LogP contribution in [0.4, 0.5) is 5.82 Å². The lowest BCUT2D eigenvalue weighted by atomic mass is 9.96. The van der Waals surface area contributed by atoms with Crippen LogP contribution >= 0.6 is 11.8 Å². The van der Waals surface area contributed by atoms with E-state index in [1.165, 1.54) is 11.8 Å². The van der Waals surface area contributed by atoms with Crippen molar-refractivity contribution in [2.45, 2.75) is 37.8 Å². The van der Waals surface area contributed by atoms with Crippen molar-refractivity contribution >= 4 is 29.4 Å². The van der Waals surface area contributed by atoms with E-state index in [0.717, 1.165) is 56.0 Å². The Bertz CT molecular complexity index is 868. The molecule has 1 fully saturated rings. The summed E-state index contributed by atoms with van der Waals surface area (Å²) in [7, 11) is 1.63. The van der Waals surface area contributed by atoms with Crippen molar-refractivity contribution < 1.29 is 14.3 Å². The number of nitrogens with one attached hydrogen (secondary N) is 2. The van der Waals surface area contributed by atoms with Gasteiger partial charge in [-0.3, -0.25) is 9.59 Å². The van der Waals surface area contributed by atoms with Crippen LogP contribution < -0.4 is 20.3 Å². The van der Waals surface area contributed by atoms with Gasteiger partial charge in [-0.25, -0.2) is 0 Å². The van der Waals surface area contributed by atoms with E-state index >= 15 is 0 Å². The van der Waals surface area contributed by atoms with Crippen LogP contribution in [0.25, 0.3) is 0 Å². The number of thioether (sulfide) groups is 1. The minimum Gasteiger partial charge on any atom is -0.497 e. The third-order valence-corrected chi connectivity index (χ3v) is 6.28. The van der Waals surface area contributed by atoms with Gasteiger partial charge in [-0.1, -0.05) is 30.8 Å². The zero-order valence-electron chi connectivity index (χ0n) is 18.7. The number of hydrogen-bond acceptors (Lipinski definition) is 7. The molecule has 2 amide bonds. The first-order valence-corrected chi connectivity index (χ1v) is 12.0. The molecule has 1 aromatic carbocycles. The molecule has 3 rings (SSSR count). The molecule has 2 N–H and O–H groups in total. The van der Waals surface area contributed by atoms with Crippen LogP contribution in [0, 0.1) is 5.92 Å². The molecule has 0 spiro atoms. The van der Waals surface area contributed by atoms with E-state index in [2.05, 4.69) is 32.7 Å². The van der Waals surface area contributed by atoms with Crippen LogP contribution in [-0.4, -0.2) is 54.5 Å². The number of hydrogen-bond donors (Lipinski definition) is 2. The van der Waals surface area contributed by atoms with Gasteiger partial charge in [0.2, 0.25) is 11.8 Å². The Morgan fingerprint density at radius 1 is 1.09 bits per heavy atom. The van der Waals surface area contributed by atoms with Gasteiger partial charge in [-0.05, 0) is 49.1 Å². The first-order chi connectivity index (χ1) is 15.6. The Balaban J connectivity index is 1.39. The SMILES string of the molecule is CCCNC(=O)C1CCN(c2ccc(SCC(=O)NCc3ccc(OC)cc3)nn2)CC1. The van der Waals surface area contributed by atoms with Gasteiger partial charge in [0, 0.05) is 32.1 Å². The highest BCUT2D eigenvalue weighted by Gasteiger charge is 2.25. The summed E-state index contributed by atoms with van der Waals surface area (Å²) in [4.78, 5) is 26.4. The first-order valence-electron chi connectivity index (χ1n) is 11.0. The van der Waals surface area contributed by atoms with Gasteiger partial charge in [0.25, 0.3) is 0 Å². The van der Waals surface area contributed by atoms with E-state index in [4.69, 9.17) is 4.74 Å². The van der Waals surface area contributed by atoms with E-state index in [9.17, 15) is 9.59 Å². The van der Waals surface area contributed by atoms with E-state index in [1.54, 1.807) is 7.11 Å². The van der Waals surface area contributed by atoms with Crippen LogP contribution in [-0.2, 0) is 16.1 Å². The minimum atomic E-state index is -0.0554. The summed E-state index contributed by atoms with van der Waals surface area (Å²) in [5.74, 6) is 2.07. The second kappa shape index (κ2) is 12.3. The molecule has 1 saturated heterocycles. The average Bonchev–Trinajstić information content (AvgIpc) is 2.85. The molecule has 8 nitrogen and oxygen atoms in total. The normalized spacial score (nSPS) is 14.1. The monoisotopic (exact) mass is 457 g/mol. The van der Waals surface area contributed by atoms with Gasteiger partial charge in [0.1, 0.15) is 10.8 Å². The average molecular weight is 458 g/mol. The minimum absolute atomic E-state index is 0.0554. The van der Waals surface area contributed by atoms with Gasteiger partial charge in [0.05, 0.1) is 12.9 Å². The summed E-state index contributed by atoms with van der Waals surface area (Å²) in [5, 5.41) is 15.2. The number of carbonyl (C=O) groups excluding carboxylic acids is 2. The Morgan fingerprint density at radius 3 is 2.47 bits per heavy atom. The number of aromatic nitrogens is 2. The molecule has 0 atom stereocenters. The largest absolute Gasteiger partial charge is 0.497 e. The smallest absolute Gasteiger partial charge is 0.230 e. The van der Waals surface area contributed by atoms with Crippen molar-refractivity contribution in [2.24, 2.45) is 5.92 Å². The van der Waals surface area contributed by atoms with Crippen LogP contribution in [0.15, 0.2) is 41.4 Å². The molecule has 0 bridgehead atoms. The fourth-order valence-corrected chi connectivity index (χ4v) is 4.10. The van der Waals surface area contributed by atoms with E-state index in [-0.39, 0.29) is 23.5 Å². The van der Waals surface area contributed by atoms with Crippen molar-refractivity contribution in [1.29, 1.82) is 0 Å². The highest BCUT2D eigenvalue weighted by Crippen LogP contribution is 2.23. The van der Waals surface area contributed by atoms with Crippen LogP contribution in [0.3, 0.4) is 0 Å². The number of benzene rings is 1. The number of nitrogens with zero attached hydrogens (tertiary/aromatic N) is 3. The topological polar surface area (TPSA) is 96.5 Å². The van der Waals surface area contributed by atoms with Gasteiger partial charge < -0.3 is 20.3 Å².